The fourth-order valence-corrected chi connectivity index (χ4v) is 5.74. The van der Waals surface area contributed by atoms with E-state index < -0.39 is 48.5 Å². The monoisotopic (exact) mass is 654 g/mol. The van der Waals surface area contributed by atoms with E-state index in [4.69, 9.17) is 9.47 Å². The number of hydrogen-bond acceptors (Lipinski definition) is 9. The molecular formula is C32H42N6O9. The predicted molar refractivity (Wildman–Crippen MR) is 169 cm³/mol. The van der Waals surface area contributed by atoms with Gasteiger partial charge in [-0.1, -0.05) is 6.07 Å². The molecule has 2 fully saturated rings. The van der Waals surface area contributed by atoms with Gasteiger partial charge in [0.05, 0.1) is 18.5 Å². The number of aliphatic carboxylic acids is 1. The normalized spacial score (nSPS) is 17.5. The second-order valence-electron chi connectivity index (χ2n) is 11.5. The molecule has 47 heavy (non-hydrogen) atoms. The highest BCUT2D eigenvalue weighted by Crippen LogP contribution is 2.29. The molecule has 2 aliphatic heterocycles. The van der Waals surface area contributed by atoms with Crippen molar-refractivity contribution in [2.75, 3.05) is 45.9 Å². The Bertz CT molecular complexity index is 1520. The maximum Gasteiger partial charge on any atom is 0.409 e. The Hall–Kier alpha value is -4.95. The molecule has 254 valence electrons. The van der Waals surface area contributed by atoms with Gasteiger partial charge in [0.2, 0.25) is 11.8 Å². The summed E-state index contributed by atoms with van der Waals surface area (Å²) < 4.78 is 11.1. The number of carboxylic acids is 1. The Morgan fingerprint density at radius 1 is 1.00 bits per heavy atom. The summed E-state index contributed by atoms with van der Waals surface area (Å²) in [6.07, 6.45) is -0.957. The number of nitrogens with one attached hydrogen (secondary N) is 2. The summed E-state index contributed by atoms with van der Waals surface area (Å²) in [5.74, 6) is -3.12. The van der Waals surface area contributed by atoms with Gasteiger partial charge in [-0.2, -0.15) is 0 Å². The lowest BCUT2D eigenvalue weighted by molar-refractivity contribution is -0.143. The van der Waals surface area contributed by atoms with Gasteiger partial charge in [0.15, 0.2) is 6.10 Å². The van der Waals surface area contributed by atoms with Crippen LogP contribution in [-0.4, -0.2) is 125 Å². The molecule has 15 heteroatoms. The van der Waals surface area contributed by atoms with E-state index in [1.165, 1.54) is 20.8 Å². The first-order valence-electron chi connectivity index (χ1n) is 15.8. The Labute approximate surface area is 272 Å². The van der Waals surface area contributed by atoms with Gasteiger partial charge in [-0.15, -0.1) is 0 Å². The highest BCUT2D eigenvalue weighted by atomic mass is 16.6. The van der Waals surface area contributed by atoms with Crippen molar-refractivity contribution in [3.63, 3.8) is 0 Å². The lowest BCUT2D eigenvalue weighted by Gasteiger charge is -2.35. The number of piperazine rings is 1. The molecule has 2 unspecified atom stereocenters. The molecule has 2 aliphatic rings. The number of likely N-dealkylation sites (tertiary alicyclic amines) is 1. The van der Waals surface area contributed by atoms with E-state index in [0.717, 1.165) is 5.56 Å². The molecule has 5 amide bonds. The number of fused-ring (bicyclic) bond motifs is 1. The van der Waals surface area contributed by atoms with Crippen molar-refractivity contribution in [1.82, 2.24) is 30.3 Å². The van der Waals surface area contributed by atoms with Crippen LogP contribution in [0.5, 0.6) is 5.75 Å². The first kappa shape index (κ1) is 34.9. The second kappa shape index (κ2) is 15.6. The largest absolute Gasteiger partial charge is 0.481 e. The zero-order valence-corrected chi connectivity index (χ0v) is 27.1. The van der Waals surface area contributed by atoms with Crippen LogP contribution in [0.15, 0.2) is 24.3 Å². The van der Waals surface area contributed by atoms with Crippen molar-refractivity contribution in [3.05, 3.63) is 35.5 Å². The van der Waals surface area contributed by atoms with Crippen molar-refractivity contribution in [2.45, 2.75) is 65.1 Å². The summed E-state index contributed by atoms with van der Waals surface area (Å²) >= 11 is 0. The number of likely N-dealkylation sites (N-methyl/N-ethyl adjacent to an activating group) is 1. The van der Waals surface area contributed by atoms with Crippen molar-refractivity contribution in [1.29, 1.82) is 0 Å². The quantitative estimate of drug-likeness (QED) is 0.319. The molecule has 3 heterocycles. The van der Waals surface area contributed by atoms with Gasteiger partial charge in [-0.25, -0.2) is 9.78 Å². The first-order valence-corrected chi connectivity index (χ1v) is 15.8. The van der Waals surface area contributed by atoms with Gasteiger partial charge in [0.25, 0.3) is 11.8 Å². The van der Waals surface area contributed by atoms with Crippen molar-refractivity contribution >= 4 is 46.6 Å². The van der Waals surface area contributed by atoms with E-state index in [0.29, 0.717) is 36.8 Å². The smallest absolute Gasteiger partial charge is 0.409 e. The molecular weight excluding hydrogens is 612 g/mol. The molecule has 0 radical (unpaired) electrons. The summed E-state index contributed by atoms with van der Waals surface area (Å²) in [5.41, 5.74) is 1.10. The van der Waals surface area contributed by atoms with E-state index in [-0.39, 0.29) is 56.0 Å². The van der Waals surface area contributed by atoms with Crippen molar-refractivity contribution in [2.24, 2.45) is 0 Å². The fourth-order valence-electron chi connectivity index (χ4n) is 5.74. The van der Waals surface area contributed by atoms with Gasteiger partial charge >= 0.3 is 12.1 Å². The van der Waals surface area contributed by atoms with Gasteiger partial charge in [-0.05, 0) is 58.2 Å². The number of aromatic nitrogens is 1. The lowest BCUT2D eigenvalue weighted by atomic mass is 10.1. The van der Waals surface area contributed by atoms with E-state index in [1.807, 2.05) is 19.9 Å². The summed E-state index contributed by atoms with van der Waals surface area (Å²) in [5, 5.41) is 15.4. The van der Waals surface area contributed by atoms with Crippen LogP contribution in [0.1, 0.15) is 56.1 Å². The van der Waals surface area contributed by atoms with Gasteiger partial charge in [-0.3, -0.25) is 24.0 Å². The molecule has 2 saturated heterocycles. The Kier molecular flexibility index (Phi) is 11.6. The number of carbonyl (C=O) groups excluding carboxylic acids is 5. The number of pyridine rings is 1. The zero-order valence-electron chi connectivity index (χ0n) is 27.1. The van der Waals surface area contributed by atoms with Crippen LogP contribution in [-0.2, 0) is 23.9 Å². The van der Waals surface area contributed by atoms with Crippen LogP contribution < -0.4 is 15.4 Å². The molecule has 0 saturated carbocycles. The number of ether oxygens (including phenoxy) is 2. The summed E-state index contributed by atoms with van der Waals surface area (Å²) in [6, 6.07) is 4.67. The number of carboxylic acid groups (broad SMARTS) is 1. The predicted octanol–water partition coefficient (Wildman–Crippen LogP) is 1.31. The van der Waals surface area contributed by atoms with Gasteiger partial charge < -0.3 is 39.9 Å². The molecule has 3 N–H and O–H groups in total. The molecule has 0 spiro atoms. The number of hydrogen-bond donors (Lipinski definition) is 3. The number of aryl methyl sites for hydroxylation is 1. The number of nitrogens with zero attached hydrogens (tertiary/aromatic N) is 4. The molecule has 1 aromatic carbocycles. The minimum absolute atomic E-state index is 0.138. The molecule has 2 aromatic rings. The lowest BCUT2D eigenvalue weighted by Crippen LogP contribution is -2.56. The van der Waals surface area contributed by atoms with Crippen LogP contribution in [0.25, 0.3) is 10.9 Å². The highest BCUT2D eigenvalue weighted by Gasteiger charge is 2.37. The average molecular weight is 655 g/mol. The van der Waals surface area contributed by atoms with Gasteiger partial charge in [0, 0.05) is 50.7 Å². The van der Waals surface area contributed by atoms with Crippen LogP contribution >= 0.6 is 0 Å². The van der Waals surface area contributed by atoms with Crippen LogP contribution in [0, 0.1) is 6.92 Å². The summed E-state index contributed by atoms with van der Waals surface area (Å²) in [7, 11) is 0. The van der Waals surface area contributed by atoms with Crippen LogP contribution in [0.2, 0.25) is 0 Å². The Morgan fingerprint density at radius 3 is 2.36 bits per heavy atom. The molecule has 1 aromatic heterocycles. The van der Waals surface area contributed by atoms with E-state index in [1.54, 1.807) is 26.0 Å². The maximum atomic E-state index is 13.5. The molecule has 3 atom stereocenters. The highest BCUT2D eigenvalue weighted by molar-refractivity contribution is 6.00. The van der Waals surface area contributed by atoms with Crippen molar-refractivity contribution in [3.8, 4) is 5.75 Å². The minimum atomic E-state index is -1.41. The maximum absolute atomic E-state index is 13.5. The second-order valence-corrected chi connectivity index (χ2v) is 11.5. The molecule has 15 nitrogen and oxygen atoms in total. The Balaban J connectivity index is 1.54. The van der Waals surface area contributed by atoms with E-state index >= 15 is 0 Å². The Morgan fingerprint density at radius 2 is 1.70 bits per heavy atom. The topological polar surface area (TPSA) is 188 Å². The summed E-state index contributed by atoms with van der Waals surface area (Å²) in [6.45, 7) is 8.66. The molecule has 0 aliphatic carbocycles. The standard InChI is InChI=1S/C32H42N6O9/c1-5-33-29(42)25-8-7-11-38(25)30(43)20(4)47-26-17-23(34-22-16-19(3)9-10-21(22)26)28(41)35-24(18-27(39)40)31(44)36-12-14-37(15-13-36)32(45)46-6-2/h9-10,16-17,20,24-25H,5-8,11-15,18H2,1-4H3,(H,33,42)(H,35,41)(H,39,40)/t20-,24?,25?/m0/s1. The average Bonchev–Trinajstić information content (AvgIpc) is 3.54. The molecule has 0 bridgehead atoms. The third-order valence-corrected chi connectivity index (χ3v) is 8.10. The number of rotatable bonds is 11. The van der Waals surface area contributed by atoms with Gasteiger partial charge in [0.1, 0.15) is 23.5 Å². The first-order chi connectivity index (χ1) is 22.4. The third kappa shape index (κ3) is 8.45. The summed E-state index contributed by atoms with van der Waals surface area (Å²) in [4.78, 5) is 85.5. The van der Waals surface area contributed by atoms with Crippen molar-refractivity contribution < 1.29 is 43.3 Å². The van der Waals surface area contributed by atoms with Crippen LogP contribution in [0.4, 0.5) is 4.79 Å². The third-order valence-electron chi connectivity index (χ3n) is 8.10. The fraction of sp³-hybridized carbons (Fsp3) is 0.531. The number of carbonyl (C=O) groups is 6. The van der Waals surface area contributed by atoms with E-state index in [9.17, 15) is 33.9 Å². The molecule has 4 rings (SSSR count). The number of benzene rings is 1. The minimum Gasteiger partial charge on any atom is -0.481 e. The zero-order chi connectivity index (χ0) is 34.2. The van der Waals surface area contributed by atoms with E-state index in [2.05, 4.69) is 15.6 Å². The van der Waals surface area contributed by atoms with Crippen LogP contribution in [0.3, 0.4) is 0 Å². The number of amides is 5. The SMILES string of the molecule is CCNC(=O)C1CCCN1C(=O)[C@H](C)Oc1cc(C(=O)NC(CC(=O)O)C(=O)N2CCN(C(=O)OCC)CC2)nc2cc(C)ccc12.